The summed E-state index contributed by atoms with van der Waals surface area (Å²) in [4.78, 5) is 13.5. The molecule has 1 saturated heterocycles. The van der Waals surface area contributed by atoms with Crippen LogP contribution in [-0.4, -0.2) is 37.0 Å². The third-order valence-corrected chi connectivity index (χ3v) is 2.83. The van der Waals surface area contributed by atoms with Crippen LogP contribution < -0.4 is 11.1 Å². The molecule has 0 aromatic carbocycles. The maximum atomic E-state index is 11.5. The van der Waals surface area contributed by atoms with E-state index in [2.05, 4.69) is 10.2 Å². The van der Waals surface area contributed by atoms with Gasteiger partial charge < -0.3 is 15.5 Å². The topological polar surface area (TPSA) is 71.5 Å². The molecule has 1 aromatic rings. The van der Waals surface area contributed by atoms with Gasteiger partial charge in [0.15, 0.2) is 0 Å². The molecule has 2 heterocycles. The van der Waals surface area contributed by atoms with Crippen molar-refractivity contribution in [3.05, 3.63) is 24.2 Å². The van der Waals surface area contributed by atoms with Gasteiger partial charge in [-0.1, -0.05) is 0 Å². The molecular weight excluding hydrogens is 206 g/mol. The van der Waals surface area contributed by atoms with Crippen molar-refractivity contribution < 1.29 is 9.21 Å². The molecule has 1 atom stereocenters. The molecule has 0 spiro atoms. The third kappa shape index (κ3) is 2.43. The first-order valence-electron chi connectivity index (χ1n) is 5.55. The molecule has 2 rings (SSSR count). The van der Waals surface area contributed by atoms with Crippen LogP contribution in [0.2, 0.25) is 0 Å². The second-order valence-corrected chi connectivity index (χ2v) is 3.94. The molecule has 3 N–H and O–H groups in total. The van der Waals surface area contributed by atoms with Crippen molar-refractivity contribution in [2.45, 2.75) is 12.5 Å². The lowest BCUT2D eigenvalue weighted by molar-refractivity contribution is -0.122. The number of hydrogen-bond acceptors (Lipinski definition) is 4. The van der Waals surface area contributed by atoms with E-state index >= 15 is 0 Å². The van der Waals surface area contributed by atoms with Crippen LogP contribution in [-0.2, 0) is 4.79 Å². The Morgan fingerprint density at radius 3 is 3.19 bits per heavy atom. The van der Waals surface area contributed by atoms with Crippen LogP contribution in [0.3, 0.4) is 0 Å². The average Bonchev–Trinajstić information content (AvgIpc) is 2.70. The molecule has 1 amide bonds. The first-order chi connectivity index (χ1) is 7.81. The molecule has 5 heteroatoms. The summed E-state index contributed by atoms with van der Waals surface area (Å²) in [5.41, 5.74) is 5.76. The van der Waals surface area contributed by atoms with E-state index in [0.717, 1.165) is 25.3 Å². The Bertz CT molecular complexity index is 337. The Labute approximate surface area is 94.6 Å². The van der Waals surface area contributed by atoms with Crippen molar-refractivity contribution in [3.8, 4) is 0 Å². The highest BCUT2D eigenvalue weighted by molar-refractivity contribution is 5.78. The Hall–Kier alpha value is -1.33. The monoisotopic (exact) mass is 223 g/mol. The van der Waals surface area contributed by atoms with Crippen LogP contribution in [0.15, 0.2) is 22.8 Å². The quantitative estimate of drug-likeness (QED) is 0.762. The van der Waals surface area contributed by atoms with E-state index in [0.29, 0.717) is 13.1 Å². The van der Waals surface area contributed by atoms with E-state index in [9.17, 15) is 4.79 Å². The summed E-state index contributed by atoms with van der Waals surface area (Å²) in [6, 6.07) is 3.75. The van der Waals surface area contributed by atoms with Gasteiger partial charge in [0.1, 0.15) is 5.76 Å². The molecule has 5 nitrogen and oxygen atoms in total. The summed E-state index contributed by atoms with van der Waals surface area (Å²) in [5, 5.41) is 2.85. The summed E-state index contributed by atoms with van der Waals surface area (Å²) in [6.45, 7) is 2.45. The van der Waals surface area contributed by atoms with Crippen molar-refractivity contribution in [1.82, 2.24) is 10.2 Å². The van der Waals surface area contributed by atoms with Crippen molar-refractivity contribution in [3.63, 3.8) is 0 Å². The normalized spacial score (nSPS) is 20.2. The van der Waals surface area contributed by atoms with E-state index in [1.807, 2.05) is 12.1 Å². The third-order valence-electron chi connectivity index (χ3n) is 2.83. The number of furan rings is 1. The van der Waals surface area contributed by atoms with Gasteiger partial charge in [-0.25, -0.2) is 0 Å². The highest BCUT2D eigenvalue weighted by Gasteiger charge is 2.24. The number of nitrogens with zero attached hydrogens (tertiary/aromatic N) is 1. The van der Waals surface area contributed by atoms with Gasteiger partial charge in [-0.15, -0.1) is 0 Å². The minimum Gasteiger partial charge on any atom is -0.468 e. The first-order valence-corrected chi connectivity index (χ1v) is 5.55. The molecule has 0 saturated carbocycles. The van der Waals surface area contributed by atoms with Crippen LogP contribution in [0.5, 0.6) is 0 Å². The largest absolute Gasteiger partial charge is 0.468 e. The molecule has 16 heavy (non-hydrogen) atoms. The molecule has 1 fully saturated rings. The fourth-order valence-electron chi connectivity index (χ4n) is 2.02. The Kier molecular flexibility index (Phi) is 3.58. The van der Waals surface area contributed by atoms with Crippen LogP contribution in [0.1, 0.15) is 18.2 Å². The summed E-state index contributed by atoms with van der Waals surface area (Å²) in [6.07, 6.45) is 2.58. The average molecular weight is 223 g/mol. The van der Waals surface area contributed by atoms with E-state index < -0.39 is 0 Å². The van der Waals surface area contributed by atoms with Crippen molar-refractivity contribution in [2.75, 3.05) is 26.2 Å². The lowest BCUT2D eigenvalue weighted by Gasteiger charge is -2.26. The second kappa shape index (κ2) is 5.14. The molecule has 1 aliphatic heterocycles. The van der Waals surface area contributed by atoms with Crippen molar-refractivity contribution in [1.29, 1.82) is 0 Å². The Morgan fingerprint density at radius 2 is 2.50 bits per heavy atom. The van der Waals surface area contributed by atoms with Gasteiger partial charge in [0, 0.05) is 19.6 Å². The predicted octanol–water partition coefficient (Wildman–Crippen LogP) is 0.101. The van der Waals surface area contributed by atoms with Crippen LogP contribution in [0.25, 0.3) is 0 Å². The van der Waals surface area contributed by atoms with E-state index in [1.165, 1.54) is 0 Å². The smallest absolute Gasteiger partial charge is 0.234 e. The fraction of sp³-hybridized carbons (Fsp3) is 0.545. The van der Waals surface area contributed by atoms with Gasteiger partial charge in [-0.2, -0.15) is 0 Å². The number of nitrogens with one attached hydrogen (secondary N) is 1. The molecular formula is C11H17N3O2. The molecule has 0 radical (unpaired) electrons. The van der Waals surface area contributed by atoms with Crippen molar-refractivity contribution >= 4 is 5.91 Å². The number of rotatable bonds is 3. The lowest BCUT2D eigenvalue weighted by atomic mass is 10.2. The predicted molar refractivity (Wildman–Crippen MR) is 59.7 cm³/mol. The maximum absolute atomic E-state index is 11.5. The highest BCUT2D eigenvalue weighted by atomic mass is 16.3. The fourth-order valence-corrected chi connectivity index (χ4v) is 2.02. The minimum atomic E-state index is -0.00106. The van der Waals surface area contributed by atoms with Gasteiger partial charge >= 0.3 is 0 Å². The molecule has 0 aliphatic carbocycles. The summed E-state index contributed by atoms with van der Waals surface area (Å²) in [5.74, 6) is 0.889. The van der Waals surface area contributed by atoms with Gasteiger partial charge in [-0.05, 0) is 18.6 Å². The minimum absolute atomic E-state index is 0.00106. The zero-order valence-electron chi connectivity index (χ0n) is 9.19. The van der Waals surface area contributed by atoms with E-state index in [-0.39, 0.29) is 11.9 Å². The zero-order valence-corrected chi connectivity index (χ0v) is 9.19. The standard InChI is InChI=1S/C11H17N3O2/c12-7-9(10-3-1-6-16-10)14-5-2-4-13-11(15)8-14/h1,3,6,9H,2,4-5,7-8,12H2,(H,13,15). The molecule has 1 aliphatic rings. The number of carbonyl (C=O) groups is 1. The van der Waals surface area contributed by atoms with Crippen LogP contribution in [0, 0.1) is 0 Å². The van der Waals surface area contributed by atoms with E-state index in [1.54, 1.807) is 6.26 Å². The first kappa shape index (κ1) is 11.2. The van der Waals surface area contributed by atoms with Crippen molar-refractivity contribution in [2.24, 2.45) is 5.73 Å². The van der Waals surface area contributed by atoms with E-state index in [4.69, 9.17) is 10.2 Å². The summed E-state index contributed by atoms with van der Waals surface area (Å²) < 4.78 is 5.36. The van der Waals surface area contributed by atoms with Crippen LogP contribution in [0.4, 0.5) is 0 Å². The molecule has 1 unspecified atom stereocenters. The Morgan fingerprint density at radius 1 is 1.62 bits per heavy atom. The summed E-state index contributed by atoms with van der Waals surface area (Å²) in [7, 11) is 0. The summed E-state index contributed by atoms with van der Waals surface area (Å²) >= 11 is 0. The van der Waals surface area contributed by atoms with Gasteiger partial charge in [0.2, 0.25) is 5.91 Å². The number of nitrogens with two attached hydrogens (primary N) is 1. The number of hydrogen-bond donors (Lipinski definition) is 2. The zero-order chi connectivity index (χ0) is 11.4. The molecule has 0 bridgehead atoms. The molecule has 1 aromatic heterocycles. The van der Waals surface area contributed by atoms with Crippen LogP contribution >= 0.6 is 0 Å². The Balaban J connectivity index is 2.10. The maximum Gasteiger partial charge on any atom is 0.234 e. The number of carbonyl (C=O) groups excluding carboxylic acids is 1. The lowest BCUT2D eigenvalue weighted by Crippen LogP contribution is -2.38. The SMILES string of the molecule is NCC(c1ccco1)N1CCCNC(=O)C1. The second-order valence-electron chi connectivity index (χ2n) is 3.94. The highest BCUT2D eigenvalue weighted by Crippen LogP contribution is 2.20. The van der Waals surface area contributed by atoms with Gasteiger partial charge in [0.25, 0.3) is 0 Å². The van der Waals surface area contributed by atoms with Gasteiger partial charge in [-0.3, -0.25) is 9.69 Å². The van der Waals surface area contributed by atoms with Gasteiger partial charge in [0.05, 0.1) is 18.8 Å². The molecule has 88 valence electrons. The number of amides is 1.